The number of rotatable bonds is 4. The number of ether oxygens (including phenoxy) is 1. The molecule has 126 valence electrons. The number of nitrogens with one attached hydrogen (secondary N) is 1. The molecule has 0 saturated carbocycles. The molecule has 0 aliphatic carbocycles. The Morgan fingerprint density at radius 2 is 1.46 bits per heavy atom. The zero-order valence-corrected chi connectivity index (χ0v) is 13.7. The first kappa shape index (κ1) is 16.9. The third-order valence-corrected chi connectivity index (χ3v) is 3.61. The van der Waals surface area contributed by atoms with E-state index < -0.39 is 5.97 Å². The van der Waals surface area contributed by atoms with Crippen LogP contribution >= 0.6 is 0 Å². The summed E-state index contributed by atoms with van der Waals surface area (Å²) in [4.78, 5) is 24.2. The predicted octanol–water partition coefficient (Wildman–Crippen LogP) is 4.03. The smallest absolute Gasteiger partial charge is 0.343 e. The molecule has 3 aromatic rings. The largest absolute Gasteiger partial charge is 0.423 e. The highest BCUT2D eigenvalue weighted by atomic mass is 16.5. The molecule has 0 bridgehead atoms. The van der Waals surface area contributed by atoms with Crippen molar-refractivity contribution in [3.63, 3.8) is 0 Å². The monoisotopic (exact) mass is 342 g/mol. The standard InChI is InChI=1S/C21H14N2O3/c22-14-15-6-8-17(9-7-15)21(25)26-19-12-10-18(11-13-19)23-20(24)16-4-2-1-3-5-16/h1-13H,(H,23,24). The average Bonchev–Trinajstić information content (AvgIpc) is 2.70. The Labute approximate surface area is 150 Å². The zero-order chi connectivity index (χ0) is 18.4. The van der Waals surface area contributed by atoms with Crippen molar-refractivity contribution < 1.29 is 14.3 Å². The van der Waals surface area contributed by atoms with Gasteiger partial charge in [-0.05, 0) is 60.7 Å². The van der Waals surface area contributed by atoms with E-state index in [1.807, 2.05) is 12.1 Å². The van der Waals surface area contributed by atoms with Gasteiger partial charge in [0, 0.05) is 11.3 Å². The molecule has 26 heavy (non-hydrogen) atoms. The molecule has 0 heterocycles. The highest BCUT2D eigenvalue weighted by Crippen LogP contribution is 2.18. The topological polar surface area (TPSA) is 79.2 Å². The molecule has 3 rings (SSSR count). The summed E-state index contributed by atoms with van der Waals surface area (Å²) in [5, 5.41) is 11.5. The van der Waals surface area contributed by atoms with Crippen LogP contribution in [0.5, 0.6) is 5.75 Å². The second-order valence-corrected chi connectivity index (χ2v) is 5.42. The lowest BCUT2D eigenvalue weighted by Gasteiger charge is -2.07. The summed E-state index contributed by atoms with van der Waals surface area (Å²) < 4.78 is 5.28. The fraction of sp³-hybridized carbons (Fsp3) is 0. The first-order chi connectivity index (χ1) is 12.7. The molecule has 0 saturated heterocycles. The van der Waals surface area contributed by atoms with E-state index in [0.717, 1.165) is 0 Å². The van der Waals surface area contributed by atoms with Gasteiger partial charge < -0.3 is 10.1 Å². The van der Waals surface area contributed by atoms with E-state index in [1.165, 1.54) is 12.1 Å². The summed E-state index contributed by atoms with van der Waals surface area (Å²) in [5.74, 6) is -0.374. The highest BCUT2D eigenvalue weighted by molar-refractivity contribution is 6.04. The quantitative estimate of drug-likeness (QED) is 0.573. The molecule has 0 fully saturated rings. The van der Waals surface area contributed by atoms with Gasteiger partial charge in [-0.1, -0.05) is 18.2 Å². The Bertz CT molecular complexity index is 957. The van der Waals surface area contributed by atoms with Crippen molar-refractivity contribution in [3.05, 3.63) is 95.6 Å². The van der Waals surface area contributed by atoms with Crippen LogP contribution in [0, 0.1) is 11.3 Å². The number of nitriles is 1. The van der Waals surface area contributed by atoms with Gasteiger partial charge in [-0.2, -0.15) is 5.26 Å². The molecule has 0 atom stereocenters. The maximum absolute atomic E-state index is 12.1. The molecule has 0 aliphatic heterocycles. The molecule has 0 aromatic heterocycles. The maximum Gasteiger partial charge on any atom is 0.343 e. The first-order valence-corrected chi connectivity index (χ1v) is 7.84. The molecule has 0 aliphatic rings. The number of carbonyl (C=O) groups is 2. The highest BCUT2D eigenvalue weighted by Gasteiger charge is 2.09. The van der Waals surface area contributed by atoms with E-state index in [4.69, 9.17) is 10.00 Å². The van der Waals surface area contributed by atoms with Crippen LogP contribution in [-0.2, 0) is 0 Å². The number of hydrogen-bond acceptors (Lipinski definition) is 4. The van der Waals surface area contributed by atoms with Crippen LogP contribution in [0.2, 0.25) is 0 Å². The maximum atomic E-state index is 12.1. The Hall–Kier alpha value is -3.91. The average molecular weight is 342 g/mol. The summed E-state index contributed by atoms with van der Waals surface area (Å²) in [6.45, 7) is 0. The zero-order valence-electron chi connectivity index (χ0n) is 13.7. The van der Waals surface area contributed by atoms with Gasteiger partial charge in [-0.15, -0.1) is 0 Å². The molecular formula is C21H14N2O3. The number of nitrogens with zero attached hydrogens (tertiary/aromatic N) is 1. The summed E-state index contributed by atoms with van der Waals surface area (Å²) in [6, 6.07) is 23.6. The number of anilines is 1. The summed E-state index contributed by atoms with van der Waals surface area (Å²) in [5.41, 5.74) is 1.98. The number of amides is 1. The molecule has 1 N–H and O–H groups in total. The molecule has 5 nitrogen and oxygen atoms in total. The first-order valence-electron chi connectivity index (χ1n) is 7.84. The molecular weight excluding hydrogens is 328 g/mol. The van der Waals surface area contributed by atoms with Crippen molar-refractivity contribution in [3.8, 4) is 11.8 Å². The van der Waals surface area contributed by atoms with Gasteiger partial charge >= 0.3 is 5.97 Å². The van der Waals surface area contributed by atoms with E-state index in [0.29, 0.717) is 28.1 Å². The molecule has 0 radical (unpaired) electrons. The van der Waals surface area contributed by atoms with E-state index in [2.05, 4.69) is 5.32 Å². The molecule has 5 heteroatoms. The van der Waals surface area contributed by atoms with Crippen molar-refractivity contribution in [2.45, 2.75) is 0 Å². The van der Waals surface area contributed by atoms with Gasteiger partial charge in [0.05, 0.1) is 17.2 Å². The third kappa shape index (κ3) is 4.13. The van der Waals surface area contributed by atoms with Crippen LogP contribution in [0.4, 0.5) is 5.69 Å². The lowest BCUT2D eigenvalue weighted by atomic mass is 10.1. The van der Waals surface area contributed by atoms with Crippen LogP contribution in [0.15, 0.2) is 78.9 Å². The molecule has 1 amide bonds. The van der Waals surface area contributed by atoms with Gasteiger partial charge in [0.25, 0.3) is 5.91 Å². The van der Waals surface area contributed by atoms with E-state index >= 15 is 0 Å². The van der Waals surface area contributed by atoms with Crippen LogP contribution in [0.25, 0.3) is 0 Å². The van der Waals surface area contributed by atoms with Crippen molar-refractivity contribution >= 4 is 17.6 Å². The van der Waals surface area contributed by atoms with Crippen LogP contribution in [0.3, 0.4) is 0 Å². The van der Waals surface area contributed by atoms with E-state index in [9.17, 15) is 9.59 Å². The fourth-order valence-electron chi connectivity index (χ4n) is 2.25. The normalized spacial score (nSPS) is 9.81. The van der Waals surface area contributed by atoms with Gasteiger partial charge in [0.2, 0.25) is 0 Å². The van der Waals surface area contributed by atoms with Crippen molar-refractivity contribution in [1.82, 2.24) is 0 Å². The van der Waals surface area contributed by atoms with Crippen molar-refractivity contribution in [2.24, 2.45) is 0 Å². The number of carbonyl (C=O) groups excluding carboxylic acids is 2. The van der Waals surface area contributed by atoms with Crippen LogP contribution in [0.1, 0.15) is 26.3 Å². The van der Waals surface area contributed by atoms with E-state index in [-0.39, 0.29) is 5.91 Å². The van der Waals surface area contributed by atoms with Crippen LogP contribution in [-0.4, -0.2) is 11.9 Å². The second kappa shape index (κ2) is 7.77. The number of hydrogen-bond donors (Lipinski definition) is 1. The van der Waals surface area contributed by atoms with Gasteiger partial charge in [-0.3, -0.25) is 4.79 Å². The minimum atomic E-state index is -0.518. The second-order valence-electron chi connectivity index (χ2n) is 5.42. The Balaban J connectivity index is 1.63. The lowest BCUT2D eigenvalue weighted by molar-refractivity contribution is 0.0734. The fourth-order valence-corrected chi connectivity index (χ4v) is 2.25. The van der Waals surface area contributed by atoms with Gasteiger partial charge in [0.1, 0.15) is 5.75 Å². The predicted molar refractivity (Wildman–Crippen MR) is 97.0 cm³/mol. The Morgan fingerprint density at radius 1 is 0.808 bits per heavy atom. The summed E-state index contributed by atoms with van der Waals surface area (Å²) >= 11 is 0. The van der Waals surface area contributed by atoms with Crippen molar-refractivity contribution in [1.29, 1.82) is 5.26 Å². The molecule has 0 unspecified atom stereocenters. The summed E-state index contributed by atoms with van der Waals surface area (Å²) in [6.07, 6.45) is 0. The SMILES string of the molecule is N#Cc1ccc(C(=O)Oc2ccc(NC(=O)c3ccccc3)cc2)cc1. The third-order valence-electron chi connectivity index (χ3n) is 3.61. The summed E-state index contributed by atoms with van der Waals surface area (Å²) in [7, 11) is 0. The molecule has 3 aromatic carbocycles. The van der Waals surface area contributed by atoms with Crippen molar-refractivity contribution in [2.75, 3.05) is 5.32 Å². The minimum absolute atomic E-state index is 0.215. The number of esters is 1. The van der Waals surface area contributed by atoms with Gasteiger partial charge in [-0.25, -0.2) is 4.79 Å². The lowest BCUT2D eigenvalue weighted by Crippen LogP contribution is -2.12. The number of benzene rings is 3. The van der Waals surface area contributed by atoms with Gasteiger partial charge in [0.15, 0.2) is 0 Å². The Morgan fingerprint density at radius 3 is 2.08 bits per heavy atom. The molecule has 0 spiro atoms. The Kier molecular flexibility index (Phi) is 5.06. The van der Waals surface area contributed by atoms with E-state index in [1.54, 1.807) is 60.7 Å². The minimum Gasteiger partial charge on any atom is -0.423 e. The van der Waals surface area contributed by atoms with Crippen LogP contribution < -0.4 is 10.1 Å².